The van der Waals surface area contributed by atoms with Crippen molar-refractivity contribution in [2.75, 3.05) is 6.54 Å². The van der Waals surface area contributed by atoms with Gasteiger partial charge in [-0.25, -0.2) is 0 Å². The van der Waals surface area contributed by atoms with Crippen LogP contribution in [-0.2, 0) is 7.05 Å². The fourth-order valence-corrected chi connectivity index (χ4v) is 2.38. The molecule has 0 aliphatic heterocycles. The Bertz CT molecular complexity index is 614. The van der Waals surface area contributed by atoms with Gasteiger partial charge in [-0.3, -0.25) is 4.79 Å². The summed E-state index contributed by atoms with van der Waals surface area (Å²) in [6, 6.07) is 6.21. The number of ketones is 1. The Hall–Kier alpha value is -1.32. The van der Waals surface area contributed by atoms with Crippen LogP contribution in [0.25, 0.3) is 10.9 Å². The second-order valence-electron chi connectivity index (χ2n) is 4.89. The Morgan fingerprint density at radius 3 is 3.00 bits per heavy atom. The van der Waals surface area contributed by atoms with Crippen molar-refractivity contribution in [1.29, 1.82) is 0 Å². The molecule has 1 aromatic heterocycles. The van der Waals surface area contributed by atoms with E-state index in [4.69, 9.17) is 11.6 Å². The highest BCUT2D eigenvalue weighted by molar-refractivity contribution is 6.31. The second-order valence-corrected chi connectivity index (χ2v) is 5.33. The topological polar surface area (TPSA) is 34.0 Å². The molecule has 1 aliphatic carbocycles. The van der Waals surface area contributed by atoms with Crippen LogP contribution in [0, 0.1) is 0 Å². The molecule has 1 heterocycles. The van der Waals surface area contributed by atoms with Gasteiger partial charge in [-0.15, -0.1) is 0 Å². The van der Waals surface area contributed by atoms with Crippen molar-refractivity contribution in [2.24, 2.45) is 7.05 Å². The highest BCUT2D eigenvalue weighted by atomic mass is 35.5. The lowest BCUT2D eigenvalue weighted by atomic mass is 10.1. The van der Waals surface area contributed by atoms with E-state index >= 15 is 0 Å². The van der Waals surface area contributed by atoms with E-state index in [1.165, 1.54) is 12.8 Å². The molecule has 0 amide bonds. The van der Waals surface area contributed by atoms with Crippen LogP contribution in [0.15, 0.2) is 24.4 Å². The Morgan fingerprint density at radius 2 is 2.28 bits per heavy atom. The molecule has 0 atom stereocenters. The number of carbonyl (C=O) groups excluding carboxylic acids is 1. The monoisotopic (exact) mass is 262 g/mol. The fourth-order valence-electron chi connectivity index (χ4n) is 2.21. The maximum Gasteiger partial charge on any atom is 0.178 e. The first-order valence-electron chi connectivity index (χ1n) is 6.16. The third-order valence-corrected chi connectivity index (χ3v) is 3.62. The summed E-state index contributed by atoms with van der Waals surface area (Å²) in [5.74, 6) is 0.134. The number of Topliss-reactive ketones (excluding diaryl/α,β-unsaturated/α-hetero) is 1. The van der Waals surface area contributed by atoms with Crippen molar-refractivity contribution < 1.29 is 4.79 Å². The number of rotatable bonds is 4. The minimum absolute atomic E-state index is 0.134. The number of benzene rings is 1. The fraction of sp³-hybridized carbons (Fsp3) is 0.357. The molecule has 4 heteroatoms. The van der Waals surface area contributed by atoms with Crippen LogP contribution >= 0.6 is 11.6 Å². The lowest BCUT2D eigenvalue weighted by Crippen LogP contribution is -2.24. The van der Waals surface area contributed by atoms with Crippen molar-refractivity contribution in [2.45, 2.75) is 18.9 Å². The third-order valence-electron chi connectivity index (χ3n) is 3.38. The van der Waals surface area contributed by atoms with E-state index in [1.54, 1.807) is 0 Å². The van der Waals surface area contributed by atoms with E-state index in [-0.39, 0.29) is 5.78 Å². The second kappa shape index (κ2) is 4.41. The van der Waals surface area contributed by atoms with Crippen molar-refractivity contribution in [3.63, 3.8) is 0 Å². The molecule has 1 aromatic carbocycles. The molecular formula is C14H15ClN2O. The van der Waals surface area contributed by atoms with Gasteiger partial charge in [-0.1, -0.05) is 11.6 Å². The molecule has 0 spiro atoms. The number of aryl methyl sites for hydroxylation is 1. The number of halogens is 1. The first-order chi connectivity index (χ1) is 8.65. The average molecular weight is 263 g/mol. The predicted molar refractivity (Wildman–Crippen MR) is 73.3 cm³/mol. The molecule has 0 bridgehead atoms. The molecule has 1 N–H and O–H groups in total. The molecule has 0 unspecified atom stereocenters. The van der Waals surface area contributed by atoms with Gasteiger partial charge in [0, 0.05) is 40.8 Å². The molecule has 3 nitrogen and oxygen atoms in total. The molecule has 0 radical (unpaired) electrons. The van der Waals surface area contributed by atoms with Gasteiger partial charge in [0.1, 0.15) is 0 Å². The minimum atomic E-state index is 0.134. The van der Waals surface area contributed by atoms with E-state index in [1.807, 2.05) is 36.0 Å². The van der Waals surface area contributed by atoms with Gasteiger partial charge in [-0.2, -0.15) is 0 Å². The van der Waals surface area contributed by atoms with Crippen molar-refractivity contribution in [3.8, 4) is 0 Å². The summed E-state index contributed by atoms with van der Waals surface area (Å²) in [5.41, 5.74) is 1.79. The standard InChI is InChI=1S/C14H15ClN2O/c1-17-8-12(14(18)7-16-10-3-4-10)11-6-9(15)2-5-13(11)17/h2,5-6,8,10,16H,3-4,7H2,1H3. The summed E-state index contributed by atoms with van der Waals surface area (Å²) in [7, 11) is 1.95. The van der Waals surface area contributed by atoms with Crippen LogP contribution < -0.4 is 5.32 Å². The lowest BCUT2D eigenvalue weighted by Gasteiger charge is -2.01. The molecule has 0 saturated heterocycles. The Morgan fingerprint density at radius 1 is 1.50 bits per heavy atom. The lowest BCUT2D eigenvalue weighted by molar-refractivity contribution is 0.0992. The van der Waals surface area contributed by atoms with E-state index < -0.39 is 0 Å². The summed E-state index contributed by atoms with van der Waals surface area (Å²) in [4.78, 5) is 12.2. The predicted octanol–water partition coefficient (Wildman–Crippen LogP) is 2.77. The molecular weight excluding hydrogens is 248 g/mol. The Labute approximate surface area is 111 Å². The first kappa shape index (κ1) is 11.8. The van der Waals surface area contributed by atoms with Gasteiger partial charge in [-0.05, 0) is 31.0 Å². The van der Waals surface area contributed by atoms with Gasteiger partial charge in [0.2, 0.25) is 0 Å². The number of hydrogen-bond acceptors (Lipinski definition) is 2. The molecule has 1 aliphatic rings. The minimum Gasteiger partial charge on any atom is -0.350 e. The van der Waals surface area contributed by atoms with Crippen molar-refractivity contribution >= 4 is 28.3 Å². The summed E-state index contributed by atoms with van der Waals surface area (Å²) < 4.78 is 1.97. The molecule has 2 aromatic rings. The smallest absolute Gasteiger partial charge is 0.178 e. The van der Waals surface area contributed by atoms with Gasteiger partial charge in [0.15, 0.2) is 5.78 Å². The average Bonchev–Trinajstić information content (AvgIpc) is 3.11. The number of hydrogen-bond donors (Lipinski definition) is 1. The van der Waals surface area contributed by atoms with Crippen LogP contribution in [0.1, 0.15) is 23.2 Å². The summed E-state index contributed by atoms with van der Waals surface area (Å²) in [6.45, 7) is 0.413. The molecule has 94 valence electrons. The Kier molecular flexibility index (Phi) is 2.88. The van der Waals surface area contributed by atoms with Crippen LogP contribution in [0.4, 0.5) is 0 Å². The normalized spacial score (nSPS) is 15.2. The Balaban J connectivity index is 1.94. The maximum atomic E-state index is 12.2. The van der Waals surface area contributed by atoms with E-state index in [0.29, 0.717) is 17.6 Å². The molecule has 3 rings (SSSR count). The van der Waals surface area contributed by atoms with Crippen LogP contribution in [0.3, 0.4) is 0 Å². The van der Waals surface area contributed by atoms with E-state index in [0.717, 1.165) is 16.5 Å². The van der Waals surface area contributed by atoms with Gasteiger partial charge in [0.25, 0.3) is 0 Å². The zero-order valence-electron chi connectivity index (χ0n) is 10.2. The number of aromatic nitrogens is 1. The number of nitrogens with zero attached hydrogens (tertiary/aromatic N) is 1. The highest BCUT2D eigenvalue weighted by Gasteiger charge is 2.22. The van der Waals surface area contributed by atoms with E-state index in [2.05, 4.69) is 5.32 Å². The van der Waals surface area contributed by atoms with Crippen LogP contribution in [0.5, 0.6) is 0 Å². The highest BCUT2D eigenvalue weighted by Crippen LogP contribution is 2.25. The number of nitrogens with one attached hydrogen (secondary N) is 1. The number of carbonyl (C=O) groups is 1. The van der Waals surface area contributed by atoms with Crippen LogP contribution in [0.2, 0.25) is 5.02 Å². The van der Waals surface area contributed by atoms with Crippen molar-refractivity contribution in [3.05, 3.63) is 35.0 Å². The summed E-state index contributed by atoms with van der Waals surface area (Å²) in [5, 5.41) is 4.85. The van der Waals surface area contributed by atoms with Gasteiger partial charge < -0.3 is 9.88 Å². The zero-order valence-corrected chi connectivity index (χ0v) is 11.0. The number of fused-ring (bicyclic) bond motifs is 1. The first-order valence-corrected chi connectivity index (χ1v) is 6.54. The SMILES string of the molecule is Cn1cc(C(=O)CNC2CC2)c2cc(Cl)ccc21. The summed E-state index contributed by atoms with van der Waals surface area (Å²) >= 11 is 6.01. The molecule has 1 saturated carbocycles. The zero-order chi connectivity index (χ0) is 12.7. The van der Waals surface area contributed by atoms with Crippen molar-refractivity contribution in [1.82, 2.24) is 9.88 Å². The van der Waals surface area contributed by atoms with Crippen LogP contribution in [-0.4, -0.2) is 22.9 Å². The summed E-state index contributed by atoms with van der Waals surface area (Å²) in [6.07, 6.45) is 4.27. The van der Waals surface area contributed by atoms with E-state index in [9.17, 15) is 4.79 Å². The quantitative estimate of drug-likeness (QED) is 0.860. The largest absolute Gasteiger partial charge is 0.350 e. The third kappa shape index (κ3) is 2.16. The molecule has 18 heavy (non-hydrogen) atoms. The van der Waals surface area contributed by atoms with Gasteiger partial charge >= 0.3 is 0 Å². The van der Waals surface area contributed by atoms with Gasteiger partial charge in [0.05, 0.1) is 6.54 Å². The molecule has 1 fully saturated rings. The maximum absolute atomic E-state index is 12.2.